The third kappa shape index (κ3) is 5.92. The van der Waals surface area contributed by atoms with E-state index in [0.717, 1.165) is 28.0 Å². The van der Waals surface area contributed by atoms with Crippen LogP contribution in [0.4, 0.5) is 0 Å². The molecular weight excluding hydrogens is 349 g/mol. The summed E-state index contributed by atoms with van der Waals surface area (Å²) in [5, 5.41) is 4.98. The maximum absolute atomic E-state index is 6.17. The highest BCUT2D eigenvalue weighted by molar-refractivity contribution is 7.99. The van der Waals surface area contributed by atoms with Gasteiger partial charge in [-0.2, -0.15) is 0 Å². The molecule has 2 aromatic rings. The first-order valence-electron chi connectivity index (χ1n) is 7.64. The zero-order chi connectivity index (χ0) is 16.7. The van der Waals surface area contributed by atoms with E-state index in [4.69, 9.17) is 27.9 Å². The maximum atomic E-state index is 6.17. The lowest BCUT2D eigenvalue weighted by atomic mass is 10.1. The van der Waals surface area contributed by atoms with Gasteiger partial charge in [0.1, 0.15) is 5.75 Å². The number of hydrogen-bond acceptors (Lipinski definition) is 3. The summed E-state index contributed by atoms with van der Waals surface area (Å²) in [7, 11) is 0. The minimum Gasteiger partial charge on any atom is -0.494 e. The largest absolute Gasteiger partial charge is 0.494 e. The number of hydrogen-bond donors (Lipinski definition) is 1. The predicted octanol–water partition coefficient (Wildman–Crippen LogP) is 5.84. The van der Waals surface area contributed by atoms with Gasteiger partial charge in [-0.05, 0) is 49.7 Å². The van der Waals surface area contributed by atoms with Gasteiger partial charge >= 0.3 is 0 Å². The Morgan fingerprint density at radius 1 is 1.17 bits per heavy atom. The van der Waals surface area contributed by atoms with Crippen LogP contribution in [0.2, 0.25) is 10.0 Å². The van der Waals surface area contributed by atoms with Crippen molar-refractivity contribution in [1.82, 2.24) is 5.32 Å². The monoisotopic (exact) mass is 369 g/mol. The normalized spacial score (nSPS) is 12.2. The minimum absolute atomic E-state index is 0.269. The second-order valence-corrected chi connectivity index (χ2v) is 7.08. The smallest absolute Gasteiger partial charge is 0.119 e. The van der Waals surface area contributed by atoms with Gasteiger partial charge in [0, 0.05) is 28.3 Å². The van der Waals surface area contributed by atoms with Crippen LogP contribution in [0.15, 0.2) is 47.4 Å². The van der Waals surface area contributed by atoms with Crippen molar-refractivity contribution in [2.75, 3.05) is 18.9 Å². The Labute approximate surface area is 152 Å². The van der Waals surface area contributed by atoms with E-state index in [1.165, 1.54) is 5.56 Å². The van der Waals surface area contributed by atoms with Crippen LogP contribution >= 0.6 is 35.0 Å². The summed E-state index contributed by atoms with van der Waals surface area (Å²) < 4.78 is 5.55. The van der Waals surface area contributed by atoms with Crippen LogP contribution in [-0.4, -0.2) is 18.9 Å². The van der Waals surface area contributed by atoms with Gasteiger partial charge in [-0.25, -0.2) is 0 Å². The summed E-state index contributed by atoms with van der Waals surface area (Å²) >= 11 is 13.9. The van der Waals surface area contributed by atoms with E-state index < -0.39 is 0 Å². The molecule has 124 valence electrons. The Bertz CT molecular complexity index is 636. The van der Waals surface area contributed by atoms with Gasteiger partial charge in [-0.3, -0.25) is 0 Å². The van der Waals surface area contributed by atoms with Crippen molar-refractivity contribution in [1.29, 1.82) is 0 Å². The maximum Gasteiger partial charge on any atom is 0.119 e. The van der Waals surface area contributed by atoms with Crippen LogP contribution in [0.3, 0.4) is 0 Å². The molecule has 0 saturated heterocycles. The van der Waals surface area contributed by atoms with Crippen LogP contribution in [0.25, 0.3) is 0 Å². The molecule has 0 aliphatic carbocycles. The zero-order valence-electron chi connectivity index (χ0n) is 13.3. The molecule has 2 nitrogen and oxygen atoms in total. The molecule has 2 rings (SSSR count). The highest BCUT2D eigenvalue weighted by Gasteiger charge is 2.07. The number of thioether (sulfide) groups is 1. The van der Waals surface area contributed by atoms with Gasteiger partial charge in [0.25, 0.3) is 0 Å². The first kappa shape index (κ1) is 18.5. The summed E-state index contributed by atoms with van der Waals surface area (Å²) in [6, 6.07) is 14.0. The molecule has 0 aliphatic heterocycles. The van der Waals surface area contributed by atoms with Crippen molar-refractivity contribution in [2.24, 2.45) is 0 Å². The van der Waals surface area contributed by atoms with Crippen molar-refractivity contribution in [3.05, 3.63) is 58.1 Å². The van der Waals surface area contributed by atoms with E-state index in [1.807, 2.05) is 31.2 Å². The fraction of sp³-hybridized carbons (Fsp3) is 0.333. The standard InChI is InChI=1S/C18H21Cl2NOS/c1-3-22-16-6-4-5-14(11-16)13(2)21-9-10-23-18-12-15(19)7-8-17(18)20/h4-8,11-13,21H,3,9-10H2,1-2H3. The first-order chi connectivity index (χ1) is 11.1. The molecule has 0 fully saturated rings. The van der Waals surface area contributed by atoms with E-state index in [0.29, 0.717) is 11.6 Å². The van der Waals surface area contributed by atoms with E-state index in [2.05, 4.69) is 24.4 Å². The van der Waals surface area contributed by atoms with Gasteiger partial charge in [-0.1, -0.05) is 35.3 Å². The third-order valence-corrected chi connectivity index (χ3v) is 5.11. The predicted molar refractivity (Wildman–Crippen MR) is 101 cm³/mol. The molecular formula is C18H21Cl2NOS. The second kappa shape index (κ2) is 9.43. The van der Waals surface area contributed by atoms with Crippen molar-refractivity contribution < 1.29 is 4.74 Å². The highest BCUT2D eigenvalue weighted by atomic mass is 35.5. The fourth-order valence-corrected chi connectivity index (χ4v) is 3.56. The quantitative estimate of drug-likeness (QED) is 0.466. The molecule has 0 heterocycles. The van der Waals surface area contributed by atoms with E-state index in [1.54, 1.807) is 17.8 Å². The van der Waals surface area contributed by atoms with Gasteiger partial charge in [0.15, 0.2) is 0 Å². The summed E-state index contributed by atoms with van der Waals surface area (Å²) in [4.78, 5) is 1.02. The molecule has 0 aromatic heterocycles. The third-order valence-electron chi connectivity index (χ3n) is 3.37. The molecule has 0 bridgehead atoms. The molecule has 5 heteroatoms. The number of benzene rings is 2. The summed E-state index contributed by atoms with van der Waals surface area (Å²) in [5.74, 6) is 1.84. The van der Waals surface area contributed by atoms with Crippen LogP contribution in [0.5, 0.6) is 5.75 Å². The second-order valence-electron chi connectivity index (χ2n) is 5.10. The van der Waals surface area contributed by atoms with Crippen LogP contribution in [-0.2, 0) is 0 Å². The Morgan fingerprint density at radius 2 is 2.00 bits per heavy atom. The zero-order valence-corrected chi connectivity index (χ0v) is 15.6. The van der Waals surface area contributed by atoms with Crippen molar-refractivity contribution in [3.8, 4) is 5.75 Å². The average Bonchev–Trinajstić information content (AvgIpc) is 2.55. The first-order valence-corrected chi connectivity index (χ1v) is 9.38. The van der Waals surface area contributed by atoms with Crippen LogP contribution < -0.4 is 10.1 Å². The molecule has 1 atom stereocenters. The van der Waals surface area contributed by atoms with Gasteiger partial charge < -0.3 is 10.1 Å². The van der Waals surface area contributed by atoms with Gasteiger partial charge in [-0.15, -0.1) is 11.8 Å². The average molecular weight is 370 g/mol. The number of ether oxygens (including phenoxy) is 1. The molecule has 0 saturated carbocycles. The van der Waals surface area contributed by atoms with E-state index >= 15 is 0 Å². The SMILES string of the molecule is CCOc1cccc(C(C)NCCSc2cc(Cl)ccc2Cl)c1. The Balaban J connectivity index is 1.81. The van der Waals surface area contributed by atoms with Crippen molar-refractivity contribution in [3.63, 3.8) is 0 Å². The Kier molecular flexibility index (Phi) is 7.57. The molecule has 1 N–H and O–H groups in total. The Hall–Kier alpha value is -0.870. The molecule has 0 radical (unpaired) electrons. The van der Waals surface area contributed by atoms with Gasteiger partial charge in [0.05, 0.1) is 11.6 Å². The van der Waals surface area contributed by atoms with Crippen LogP contribution in [0, 0.1) is 0 Å². The molecule has 0 spiro atoms. The van der Waals surface area contributed by atoms with Crippen molar-refractivity contribution >= 4 is 35.0 Å². The number of nitrogens with one attached hydrogen (secondary N) is 1. The molecule has 0 aliphatic rings. The van der Waals surface area contributed by atoms with Crippen LogP contribution in [0.1, 0.15) is 25.5 Å². The molecule has 23 heavy (non-hydrogen) atoms. The van der Waals surface area contributed by atoms with Crippen molar-refractivity contribution in [2.45, 2.75) is 24.8 Å². The van der Waals surface area contributed by atoms with Gasteiger partial charge in [0.2, 0.25) is 0 Å². The lowest BCUT2D eigenvalue weighted by Crippen LogP contribution is -2.21. The van der Waals surface area contributed by atoms with E-state index in [-0.39, 0.29) is 6.04 Å². The fourth-order valence-electron chi connectivity index (χ4n) is 2.18. The summed E-state index contributed by atoms with van der Waals surface area (Å²) in [6.45, 7) is 5.71. The lowest BCUT2D eigenvalue weighted by Gasteiger charge is -2.15. The molecule has 2 aromatic carbocycles. The number of rotatable bonds is 8. The topological polar surface area (TPSA) is 21.3 Å². The summed E-state index contributed by atoms with van der Waals surface area (Å²) in [5.41, 5.74) is 1.22. The lowest BCUT2D eigenvalue weighted by molar-refractivity contribution is 0.339. The number of halogens is 2. The highest BCUT2D eigenvalue weighted by Crippen LogP contribution is 2.29. The Morgan fingerprint density at radius 3 is 2.78 bits per heavy atom. The molecule has 1 unspecified atom stereocenters. The minimum atomic E-state index is 0.269. The molecule has 0 amide bonds. The van der Waals surface area contributed by atoms with E-state index in [9.17, 15) is 0 Å². The summed E-state index contributed by atoms with van der Waals surface area (Å²) in [6.07, 6.45) is 0.